The maximum Gasteiger partial charge on any atom is 0.169 e. The van der Waals surface area contributed by atoms with Gasteiger partial charge in [0.15, 0.2) is 17.6 Å². The van der Waals surface area contributed by atoms with Gasteiger partial charge in [-0.25, -0.2) is 0 Å². The van der Waals surface area contributed by atoms with Crippen molar-refractivity contribution in [3.05, 3.63) is 46.7 Å². The molecule has 2 bridgehead atoms. The number of nitrogens with zero attached hydrogens (tertiary/aromatic N) is 1. The third kappa shape index (κ3) is 1.41. The van der Waals surface area contributed by atoms with Gasteiger partial charge in [-0.1, -0.05) is 12.1 Å². The van der Waals surface area contributed by atoms with E-state index in [-0.39, 0.29) is 11.5 Å². The molecule has 2 aliphatic carbocycles. The summed E-state index contributed by atoms with van der Waals surface area (Å²) in [6.07, 6.45) is 6.41. The summed E-state index contributed by atoms with van der Waals surface area (Å²) < 4.78 is 17.7. The van der Waals surface area contributed by atoms with Crippen LogP contribution in [0.3, 0.4) is 0 Å². The molecule has 0 amide bonds. The number of likely N-dealkylation sites (N-methyl/N-ethyl adjacent to an activating group) is 1. The predicted octanol–water partition coefficient (Wildman–Crippen LogP) is 2.42. The molecular weight excluding hydrogens is 290 g/mol. The van der Waals surface area contributed by atoms with Crippen molar-refractivity contribution in [3.63, 3.8) is 0 Å². The smallest absolute Gasteiger partial charge is 0.169 e. The zero-order valence-corrected chi connectivity index (χ0v) is 13.8. The van der Waals surface area contributed by atoms with E-state index >= 15 is 0 Å². The fraction of sp³-hybridized carbons (Fsp3) is 0.474. The van der Waals surface area contributed by atoms with Crippen LogP contribution in [0.15, 0.2) is 35.6 Å². The Bertz CT molecular complexity index is 766. The van der Waals surface area contributed by atoms with E-state index in [0.29, 0.717) is 6.04 Å². The van der Waals surface area contributed by atoms with Gasteiger partial charge in [0.25, 0.3) is 0 Å². The molecule has 1 unspecified atom stereocenters. The van der Waals surface area contributed by atoms with Gasteiger partial charge in [-0.15, -0.1) is 0 Å². The quantitative estimate of drug-likeness (QED) is 0.839. The SMILES string of the molecule is COC1=CC=C2[C@@H]3Cc4ccc(OC)c5c4C2(CCN3C)[C@@H]1O5. The van der Waals surface area contributed by atoms with E-state index in [0.717, 1.165) is 36.6 Å². The Labute approximate surface area is 136 Å². The Morgan fingerprint density at radius 1 is 1.22 bits per heavy atom. The summed E-state index contributed by atoms with van der Waals surface area (Å²) in [7, 11) is 5.68. The molecule has 1 fully saturated rings. The first-order chi connectivity index (χ1) is 11.2. The molecule has 2 heterocycles. The van der Waals surface area contributed by atoms with E-state index < -0.39 is 0 Å². The lowest BCUT2D eigenvalue weighted by molar-refractivity contribution is 0.0734. The number of likely N-dealkylation sites (tertiary alicyclic amines) is 1. The normalized spacial score (nSPS) is 33.3. The average molecular weight is 311 g/mol. The lowest BCUT2D eigenvalue weighted by Gasteiger charge is -2.52. The van der Waals surface area contributed by atoms with Crippen molar-refractivity contribution in [1.29, 1.82) is 0 Å². The van der Waals surface area contributed by atoms with E-state index in [9.17, 15) is 0 Å². The van der Waals surface area contributed by atoms with Crippen LogP contribution in [0.25, 0.3) is 0 Å². The molecule has 4 nitrogen and oxygen atoms in total. The van der Waals surface area contributed by atoms with Gasteiger partial charge in [0.05, 0.1) is 19.6 Å². The molecule has 0 radical (unpaired) electrons. The van der Waals surface area contributed by atoms with E-state index in [1.54, 1.807) is 14.2 Å². The Balaban J connectivity index is 1.84. The predicted molar refractivity (Wildman–Crippen MR) is 87.0 cm³/mol. The van der Waals surface area contributed by atoms with Crippen LogP contribution in [0.5, 0.6) is 11.5 Å². The van der Waals surface area contributed by atoms with E-state index in [2.05, 4.69) is 30.2 Å². The van der Waals surface area contributed by atoms with Crippen molar-refractivity contribution in [3.8, 4) is 11.5 Å². The molecule has 23 heavy (non-hydrogen) atoms. The Kier molecular flexibility index (Phi) is 2.54. The minimum absolute atomic E-state index is 0.0611. The Morgan fingerprint density at radius 2 is 2.09 bits per heavy atom. The summed E-state index contributed by atoms with van der Waals surface area (Å²) in [5.41, 5.74) is 4.15. The first-order valence-electron chi connectivity index (χ1n) is 8.24. The fourth-order valence-electron chi connectivity index (χ4n) is 5.10. The number of methoxy groups -OCH3 is 2. The molecule has 5 rings (SSSR count). The standard InChI is InChI=1S/C19H21NO3/c1-20-9-8-19-12-5-7-15(22-3)18(19)23-17-14(21-2)6-4-11(16(17)19)10-13(12)20/h4-7,13,18H,8-10H2,1-3H3/t13-,18+,19?/m0/s1. The Morgan fingerprint density at radius 3 is 2.87 bits per heavy atom. The van der Waals surface area contributed by atoms with Gasteiger partial charge < -0.3 is 14.2 Å². The third-order valence-corrected chi connectivity index (χ3v) is 6.16. The monoisotopic (exact) mass is 311 g/mol. The zero-order chi connectivity index (χ0) is 15.8. The fourth-order valence-corrected chi connectivity index (χ4v) is 5.10. The molecule has 1 saturated heterocycles. The summed E-state index contributed by atoms with van der Waals surface area (Å²) in [6.45, 7) is 1.08. The van der Waals surface area contributed by atoms with Crippen LogP contribution in [0.4, 0.5) is 0 Å². The van der Waals surface area contributed by atoms with Crippen molar-refractivity contribution < 1.29 is 14.2 Å². The molecule has 1 aromatic carbocycles. The molecule has 2 aliphatic heterocycles. The van der Waals surface area contributed by atoms with Crippen molar-refractivity contribution in [2.24, 2.45) is 0 Å². The highest BCUT2D eigenvalue weighted by Crippen LogP contribution is 2.62. The summed E-state index contributed by atoms with van der Waals surface area (Å²) in [6, 6.07) is 4.72. The second-order valence-electron chi connectivity index (χ2n) is 6.95. The van der Waals surface area contributed by atoms with E-state index in [1.807, 2.05) is 6.07 Å². The van der Waals surface area contributed by atoms with E-state index in [1.165, 1.54) is 16.7 Å². The molecule has 4 heteroatoms. The van der Waals surface area contributed by atoms with Crippen LogP contribution in [-0.4, -0.2) is 44.9 Å². The summed E-state index contributed by atoms with van der Waals surface area (Å²) in [4.78, 5) is 2.48. The molecule has 120 valence electrons. The summed E-state index contributed by atoms with van der Waals surface area (Å²) >= 11 is 0. The second kappa shape index (κ2) is 4.32. The number of allylic oxidation sites excluding steroid dienone is 2. The molecular formula is C19H21NO3. The van der Waals surface area contributed by atoms with Crippen molar-refractivity contribution in [2.75, 3.05) is 27.8 Å². The molecule has 1 spiro atoms. The number of hydrogen-bond donors (Lipinski definition) is 0. The first-order valence-corrected chi connectivity index (χ1v) is 8.24. The second-order valence-corrected chi connectivity index (χ2v) is 6.95. The maximum absolute atomic E-state index is 6.46. The highest BCUT2D eigenvalue weighted by molar-refractivity contribution is 5.67. The molecule has 4 aliphatic rings. The van der Waals surface area contributed by atoms with Crippen LogP contribution < -0.4 is 9.47 Å². The minimum atomic E-state index is -0.0747. The van der Waals surface area contributed by atoms with Crippen LogP contribution in [0.2, 0.25) is 0 Å². The molecule has 0 aromatic heterocycles. The molecule has 0 N–H and O–H groups in total. The van der Waals surface area contributed by atoms with Crippen LogP contribution >= 0.6 is 0 Å². The van der Waals surface area contributed by atoms with Crippen LogP contribution in [0, 0.1) is 0 Å². The van der Waals surface area contributed by atoms with Gasteiger partial charge in [0.2, 0.25) is 0 Å². The average Bonchev–Trinajstić information content (AvgIpc) is 2.92. The highest BCUT2D eigenvalue weighted by Gasteiger charge is 2.61. The summed E-state index contributed by atoms with van der Waals surface area (Å²) in [5.74, 6) is 2.68. The van der Waals surface area contributed by atoms with Gasteiger partial charge in [-0.2, -0.15) is 0 Å². The molecule has 1 aromatic rings. The number of ether oxygens (including phenoxy) is 3. The molecule has 0 saturated carbocycles. The van der Waals surface area contributed by atoms with Gasteiger partial charge in [-0.05, 0) is 49.7 Å². The lowest BCUT2D eigenvalue weighted by Crippen LogP contribution is -2.58. The number of benzene rings is 1. The van der Waals surface area contributed by atoms with Crippen molar-refractivity contribution in [2.45, 2.75) is 30.4 Å². The lowest BCUT2D eigenvalue weighted by atomic mass is 9.57. The summed E-state index contributed by atoms with van der Waals surface area (Å²) in [5, 5.41) is 0. The molecule has 3 atom stereocenters. The topological polar surface area (TPSA) is 30.9 Å². The highest BCUT2D eigenvalue weighted by atomic mass is 16.6. The number of piperidine rings is 1. The van der Waals surface area contributed by atoms with Gasteiger partial charge in [0.1, 0.15) is 5.76 Å². The van der Waals surface area contributed by atoms with Crippen molar-refractivity contribution >= 4 is 0 Å². The minimum Gasteiger partial charge on any atom is -0.497 e. The largest absolute Gasteiger partial charge is 0.497 e. The van der Waals surface area contributed by atoms with E-state index in [4.69, 9.17) is 14.2 Å². The van der Waals surface area contributed by atoms with Crippen LogP contribution in [-0.2, 0) is 16.6 Å². The van der Waals surface area contributed by atoms with Gasteiger partial charge in [-0.3, -0.25) is 4.90 Å². The maximum atomic E-state index is 6.46. The number of hydrogen-bond acceptors (Lipinski definition) is 4. The number of rotatable bonds is 2. The first kappa shape index (κ1) is 13.5. The van der Waals surface area contributed by atoms with Crippen molar-refractivity contribution in [1.82, 2.24) is 4.90 Å². The third-order valence-electron chi connectivity index (χ3n) is 6.16. The van der Waals surface area contributed by atoms with Gasteiger partial charge in [0, 0.05) is 11.6 Å². The zero-order valence-electron chi connectivity index (χ0n) is 13.8. The Hall–Kier alpha value is -1.94. The van der Waals surface area contributed by atoms with Gasteiger partial charge >= 0.3 is 0 Å². The van der Waals surface area contributed by atoms with Crippen LogP contribution in [0.1, 0.15) is 17.5 Å².